The Labute approximate surface area is 131 Å². The van der Waals surface area contributed by atoms with Crippen molar-refractivity contribution in [3.8, 4) is 0 Å². The van der Waals surface area contributed by atoms with E-state index in [0.717, 1.165) is 38.3 Å². The van der Waals surface area contributed by atoms with Crippen LogP contribution in [0.25, 0.3) is 0 Å². The van der Waals surface area contributed by atoms with Crippen LogP contribution in [0, 0.1) is 5.41 Å². The molecule has 6 heteroatoms. The second-order valence-corrected chi connectivity index (χ2v) is 5.60. The van der Waals surface area contributed by atoms with Crippen molar-refractivity contribution in [1.82, 2.24) is 9.80 Å². The van der Waals surface area contributed by atoms with Crippen LogP contribution in [0.1, 0.15) is 25.3 Å². The normalized spacial score (nSPS) is 15.6. The Hall–Kier alpha value is -2.08. The number of primary amides is 1. The number of nitrogens with two attached hydrogens (primary N) is 1. The maximum atomic E-state index is 10.9. The minimum Gasteiger partial charge on any atom is -0.354 e. The number of anilines is 1. The number of unbranched alkanes of at least 4 members (excludes halogenated alkanes) is 1. The lowest BCUT2D eigenvalue weighted by atomic mass is 10.1. The molecule has 0 spiro atoms. The van der Waals surface area contributed by atoms with Crippen LogP contribution in [0.4, 0.5) is 10.5 Å². The number of amidine groups is 1. The molecule has 22 heavy (non-hydrogen) atoms. The minimum atomic E-state index is -0.590. The number of benzene rings is 1. The van der Waals surface area contributed by atoms with E-state index >= 15 is 0 Å². The number of amides is 2. The van der Waals surface area contributed by atoms with Crippen LogP contribution in [0.15, 0.2) is 24.3 Å². The molecule has 4 N–H and O–H groups in total. The Bertz CT molecular complexity index is 523. The van der Waals surface area contributed by atoms with E-state index in [1.165, 1.54) is 12.8 Å². The highest BCUT2D eigenvalue weighted by molar-refractivity contribution is 5.98. The minimum absolute atomic E-state index is 0.503. The number of piperazine rings is 1. The third kappa shape index (κ3) is 4.46. The van der Waals surface area contributed by atoms with E-state index in [1.807, 2.05) is 12.1 Å². The number of urea groups is 1. The van der Waals surface area contributed by atoms with Gasteiger partial charge in [-0.3, -0.25) is 10.3 Å². The third-order valence-corrected chi connectivity index (χ3v) is 3.92. The average molecular weight is 303 g/mol. The number of hydrogen-bond acceptors (Lipinski definition) is 3. The zero-order valence-electron chi connectivity index (χ0n) is 13.1. The lowest BCUT2D eigenvalue weighted by molar-refractivity contribution is 0.180. The lowest BCUT2D eigenvalue weighted by Crippen LogP contribution is -2.48. The zero-order valence-corrected chi connectivity index (χ0v) is 13.1. The molecule has 0 aliphatic carbocycles. The van der Waals surface area contributed by atoms with E-state index in [2.05, 4.69) is 22.0 Å². The highest BCUT2D eigenvalue weighted by Gasteiger charge is 2.19. The molecule has 0 atom stereocenters. The smallest absolute Gasteiger partial charge is 0.316 e. The van der Waals surface area contributed by atoms with Crippen molar-refractivity contribution in [2.24, 2.45) is 5.73 Å². The largest absolute Gasteiger partial charge is 0.354 e. The van der Waals surface area contributed by atoms with Gasteiger partial charge in [0, 0.05) is 37.4 Å². The molecule has 0 aromatic heterocycles. The predicted octanol–water partition coefficient (Wildman–Crippen LogP) is 1.92. The van der Waals surface area contributed by atoms with Gasteiger partial charge in [0.1, 0.15) is 5.84 Å². The van der Waals surface area contributed by atoms with Crippen LogP contribution in [-0.4, -0.2) is 54.4 Å². The standard InChI is InChI=1S/C16H25N5O/c1-2-3-7-20-8-10-21(11-9-20)15(17)13-5-4-6-14(12-13)19-16(18)22/h4-6,12,17H,2-3,7-11H2,1H3,(H3,18,19,22). The van der Waals surface area contributed by atoms with Crippen molar-refractivity contribution in [3.63, 3.8) is 0 Å². The van der Waals surface area contributed by atoms with E-state index in [-0.39, 0.29) is 0 Å². The summed E-state index contributed by atoms with van der Waals surface area (Å²) in [7, 11) is 0. The molecule has 1 aromatic carbocycles. The van der Waals surface area contributed by atoms with Crippen LogP contribution in [0.5, 0.6) is 0 Å². The van der Waals surface area contributed by atoms with Crippen LogP contribution in [-0.2, 0) is 0 Å². The first-order chi connectivity index (χ1) is 10.6. The molecule has 0 unspecified atom stereocenters. The first kappa shape index (κ1) is 16.3. The van der Waals surface area contributed by atoms with E-state index in [9.17, 15) is 4.79 Å². The second-order valence-electron chi connectivity index (χ2n) is 5.60. The Morgan fingerprint density at radius 3 is 2.68 bits per heavy atom. The molecule has 0 saturated carbocycles. The van der Waals surface area contributed by atoms with Gasteiger partial charge in [0.05, 0.1) is 0 Å². The summed E-state index contributed by atoms with van der Waals surface area (Å²) in [6.45, 7) is 7.10. The van der Waals surface area contributed by atoms with Crippen molar-refractivity contribution in [1.29, 1.82) is 5.41 Å². The van der Waals surface area contributed by atoms with Gasteiger partial charge in [-0.2, -0.15) is 0 Å². The molecular formula is C16H25N5O. The number of carbonyl (C=O) groups excluding carboxylic acids is 1. The summed E-state index contributed by atoms with van der Waals surface area (Å²) in [5.74, 6) is 0.503. The molecule has 1 aliphatic heterocycles. The Morgan fingerprint density at radius 2 is 2.05 bits per heavy atom. The highest BCUT2D eigenvalue weighted by Crippen LogP contribution is 2.14. The number of nitrogens with one attached hydrogen (secondary N) is 2. The molecule has 2 amide bonds. The number of hydrogen-bond donors (Lipinski definition) is 3. The molecular weight excluding hydrogens is 278 g/mol. The molecule has 1 heterocycles. The van der Waals surface area contributed by atoms with Crippen molar-refractivity contribution < 1.29 is 4.79 Å². The van der Waals surface area contributed by atoms with Crippen LogP contribution in [0.3, 0.4) is 0 Å². The summed E-state index contributed by atoms with van der Waals surface area (Å²) in [6, 6.07) is 6.68. The van der Waals surface area contributed by atoms with Crippen molar-refractivity contribution >= 4 is 17.6 Å². The Balaban J connectivity index is 1.93. The maximum Gasteiger partial charge on any atom is 0.316 e. The molecule has 6 nitrogen and oxygen atoms in total. The van der Waals surface area contributed by atoms with Crippen molar-refractivity contribution in [3.05, 3.63) is 29.8 Å². The SMILES string of the molecule is CCCCN1CCN(C(=N)c2cccc(NC(N)=O)c2)CC1. The molecule has 1 fully saturated rings. The van der Waals surface area contributed by atoms with E-state index in [1.54, 1.807) is 12.1 Å². The number of nitrogens with zero attached hydrogens (tertiary/aromatic N) is 2. The van der Waals surface area contributed by atoms with Gasteiger partial charge in [0.15, 0.2) is 0 Å². The van der Waals surface area contributed by atoms with Gasteiger partial charge in [0.25, 0.3) is 0 Å². The van der Waals surface area contributed by atoms with Gasteiger partial charge in [-0.05, 0) is 25.1 Å². The average Bonchev–Trinajstić information content (AvgIpc) is 2.52. The van der Waals surface area contributed by atoms with E-state index in [4.69, 9.17) is 11.1 Å². The van der Waals surface area contributed by atoms with Gasteiger partial charge >= 0.3 is 6.03 Å². The molecule has 120 valence electrons. The quantitative estimate of drug-likeness (QED) is 0.574. The molecule has 1 aliphatic rings. The van der Waals surface area contributed by atoms with Crippen molar-refractivity contribution in [2.75, 3.05) is 38.0 Å². The van der Waals surface area contributed by atoms with Gasteiger partial charge in [-0.1, -0.05) is 25.5 Å². The van der Waals surface area contributed by atoms with Gasteiger partial charge < -0.3 is 16.0 Å². The molecule has 2 rings (SSSR count). The Kier molecular flexibility index (Phi) is 5.77. The molecule has 1 aromatic rings. The fourth-order valence-electron chi connectivity index (χ4n) is 2.65. The summed E-state index contributed by atoms with van der Waals surface area (Å²) < 4.78 is 0. The molecule has 1 saturated heterocycles. The topological polar surface area (TPSA) is 85.4 Å². The summed E-state index contributed by atoms with van der Waals surface area (Å²) in [4.78, 5) is 15.5. The summed E-state index contributed by atoms with van der Waals surface area (Å²) in [5.41, 5.74) is 6.55. The summed E-state index contributed by atoms with van der Waals surface area (Å²) in [5, 5.41) is 10.9. The summed E-state index contributed by atoms with van der Waals surface area (Å²) >= 11 is 0. The molecule has 0 bridgehead atoms. The van der Waals surface area contributed by atoms with Gasteiger partial charge in [-0.25, -0.2) is 4.79 Å². The number of rotatable bonds is 5. The predicted molar refractivity (Wildman–Crippen MR) is 89.4 cm³/mol. The van der Waals surface area contributed by atoms with Gasteiger partial charge in [0.2, 0.25) is 0 Å². The zero-order chi connectivity index (χ0) is 15.9. The monoisotopic (exact) mass is 303 g/mol. The van der Waals surface area contributed by atoms with Gasteiger partial charge in [-0.15, -0.1) is 0 Å². The van der Waals surface area contributed by atoms with Crippen LogP contribution in [0.2, 0.25) is 0 Å². The second kappa shape index (κ2) is 7.79. The van der Waals surface area contributed by atoms with E-state index in [0.29, 0.717) is 11.5 Å². The van der Waals surface area contributed by atoms with E-state index < -0.39 is 6.03 Å². The first-order valence-corrected chi connectivity index (χ1v) is 7.83. The van der Waals surface area contributed by atoms with Crippen LogP contribution < -0.4 is 11.1 Å². The fraction of sp³-hybridized carbons (Fsp3) is 0.500. The Morgan fingerprint density at radius 1 is 1.32 bits per heavy atom. The summed E-state index contributed by atoms with van der Waals surface area (Å²) in [6.07, 6.45) is 2.45. The highest BCUT2D eigenvalue weighted by atomic mass is 16.2. The fourth-order valence-corrected chi connectivity index (χ4v) is 2.65. The van der Waals surface area contributed by atoms with Crippen LogP contribution >= 0.6 is 0 Å². The molecule has 0 radical (unpaired) electrons. The first-order valence-electron chi connectivity index (χ1n) is 7.83. The lowest BCUT2D eigenvalue weighted by Gasteiger charge is -2.36. The van der Waals surface area contributed by atoms with Crippen molar-refractivity contribution in [2.45, 2.75) is 19.8 Å². The number of carbonyl (C=O) groups is 1. The maximum absolute atomic E-state index is 10.9. The third-order valence-electron chi connectivity index (χ3n) is 3.92.